The number of aromatic nitrogens is 1. The fourth-order valence-corrected chi connectivity index (χ4v) is 3.84. The van der Waals surface area contributed by atoms with Crippen LogP contribution in [-0.2, 0) is 16.0 Å². The van der Waals surface area contributed by atoms with E-state index in [0.717, 1.165) is 27.7 Å². The molecular formula is C23H24FN3O2. The van der Waals surface area contributed by atoms with Gasteiger partial charge < -0.3 is 15.2 Å². The number of aryl methyl sites for hydroxylation is 2. The van der Waals surface area contributed by atoms with E-state index in [1.165, 1.54) is 17.7 Å². The van der Waals surface area contributed by atoms with Crippen LogP contribution in [0.15, 0.2) is 42.6 Å². The van der Waals surface area contributed by atoms with Gasteiger partial charge in [0.1, 0.15) is 5.82 Å². The average Bonchev–Trinajstić information content (AvgIpc) is 3.26. The normalized spacial score (nSPS) is 16.6. The number of benzene rings is 2. The number of carbonyl (C=O) groups is 2. The summed E-state index contributed by atoms with van der Waals surface area (Å²) >= 11 is 0. The number of fused-ring (bicyclic) bond motifs is 1. The molecule has 0 bridgehead atoms. The van der Waals surface area contributed by atoms with E-state index in [9.17, 15) is 14.0 Å². The molecule has 1 atom stereocenters. The van der Waals surface area contributed by atoms with E-state index in [-0.39, 0.29) is 30.0 Å². The maximum atomic E-state index is 13.5. The summed E-state index contributed by atoms with van der Waals surface area (Å²) < 4.78 is 13.5. The van der Waals surface area contributed by atoms with Crippen LogP contribution >= 0.6 is 0 Å². The van der Waals surface area contributed by atoms with E-state index in [4.69, 9.17) is 0 Å². The topological polar surface area (TPSA) is 65.2 Å². The Hall–Kier alpha value is -3.15. The first kappa shape index (κ1) is 19.2. The molecule has 0 saturated carbocycles. The fraction of sp³-hybridized carbons (Fsp3) is 0.304. The Morgan fingerprint density at radius 3 is 2.83 bits per heavy atom. The van der Waals surface area contributed by atoms with E-state index in [1.54, 1.807) is 11.0 Å². The molecule has 0 radical (unpaired) electrons. The maximum Gasteiger partial charge on any atom is 0.229 e. The van der Waals surface area contributed by atoms with Crippen molar-refractivity contribution in [2.24, 2.45) is 5.92 Å². The average molecular weight is 393 g/mol. The monoisotopic (exact) mass is 393 g/mol. The van der Waals surface area contributed by atoms with Crippen molar-refractivity contribution in [3.05, 3.63) is 65.1 Å². The van der Waals surface area contributed by atoms with Crippen LogP contribution in [0.2, 0.25) is 0 Å². The molecule has 1 saturated heterocycles. The van der Waals surface area contributed by atoms with Gasteiger partial charge in [-0.1, -0.05) is 6.07 Å². The van der Waals surface area contributed by atoms with E-state index < -0.39 is 0 Å². The molecule has 2 N–H and O–H groups in total. The molecule has 1 aliphatic rings. The molecule has 150 valence electrons. The summed E-state index contributed by atoms with van der Waals surface area (Å²) in [5.41, 5.74) is 4.88. The zero-order valence-corrected chi connectivity index (χ0v) is 16.6. The number of halogens is 1. The Bertz CT molecular complexity index is 1090. The van der Waals surface area contributed by atoms with Gasteiger partial charge in [0, 0.05) is 42.3 Å². The third-order valence-electron chi connectivity index (χ3n) is 5.74. The zero-order chi connectivity index (χ0) is 20.5. The summed E-state index contributed by atoms with van der Waals surface area (Å²) in [5, 5.41) is 3.76. The van der Waals surface area contributed by atoms with E-state index in [1.807, 2.05) is 38.2 Å². The first-order chi connectivity index (χ1) is 13.9. The van der Waals surface area contributed by atoms with Gasteiger partial charge in [-0.2, -0.15) is 0 Å². The highest BCUT2D eigenvalue weighted by molar-refractivity contribution is 5.97. The van der Waals surface area contributed by atoms with Gasteiger partial charge in [0.25, 0.3) is 0 Å². The van der Waals surface area contributed by atoms with Crippen LogP contribution in [0.4, 0.5) is 10.1 Å². The minimum atomic E-state index is -0.357. The second-order valence-electron chi connectivity index (χ2n) is 7.78. The lowest BCUT2D eigenvalue weighted by Gasteiger charge is -2.16. The Morgan fingerprint density at radius 2 is 2.03 bits per heavy atom. The summed E-state index contributed by atoms with van der Waals surface area (Å²) in [6, 6.07) is 10.4. The van der Waals surface area contributed by atoms with Crippen LogP contribution in [0, 0.1) is 25.6 Å². The van der Waals surface area contributed by atoms with Crippen molar-refractivity contribution in [2.45, 2.75) is 26.7 Å². The SMILES string of the molecule is Cc1ccc(NC(=O)[C@@H]2CC(=O)N(CCc3c[nH]c4ccc(F)cc34)C2)cc1C. The van der Waals surface area contributed by atoms with Gasteiger partial charge in [-0.15, -0.1) is 0 Å². The number of carbonyl (C=O) groups excluding carboxylic acids is 2. The molecule has 29 heavy (non-hydrogen) atoms. The van der Waals surface area contributed by atoms with E-state index in [0.29, 0.717) is 19.5 Å². The molecule has 2 heterocycles. The second kappa shape index (κ2) is 7.70. The number of nitrogens with one attached hydrogen (secondary N) is 2. The zero-order valence-electron chi connectivity index (χ0n) is 16.6. The molecule has 4 rings (SSSR count). The lowest BCUT2D eigenvalue weighted by Crippen LogP contribution is -2.30. The third kappa shape index (κ3) is 4.01. The predicted octanol–water partition coefficient (Wildman–Crippen LogP) is 3.95. The van der Waals surface area contributed by atoms with Gasteiger partial charge in [-0.05, 0) is 67.3 Å². The number of hydrogen-bond donors (Lipinski definition) is 2. The smallest absolute Gasteiger partial charge is 0.229 e. The summed E-state index contributed by atoms with van der Waals surface area (Å²) in [6.07, 6.45) is 2.69. The van der Waals surface area contributed by atoms with E-state index >= 15 is 0 Å². The van der Waals surface area contributed by atoms with Gasteiger partial charge in [0.05, 0.1) is 5.92 Å². The minimum absolute atomic E-state index is 0.0174. The number of aromatic amines is 1. The lowest BCUT2D eigenvalue weighted by molar-refractivity contribution is -0.128. The molecule has 2 aromatic carbocycles. The van der Waals surface area contributed by atoms with Crippen molar-refractivity contribution in [1.29, 1.82) is 0 Å². The van der Waals surface area contributed by atoms with Crippen molar-refractivity contribution in [1.82, 2.24) is 9.88 Å². The molecule has 5 nitrogen and oxygen atoms in total. The molecule has 2 amide bonds. The van der Waals surface area contributed by atoms with Gasteiger partial charge >= 0.3 is 0 Å². The molecule has 3 aromatic rings. The summed E-state index contributed by atoms with van der Waals surface area (Å²) in [4.78, 5) is 29.9. The number of anilines is 1. The van der Waals surface area contributed by atoms with E-state index in [2.05, 4.69) is 10.3 Å². The summed E-state index contributed by atoms with van der Waals surface area (Å²) in [6.45, 7) is 4.95. The number of likely N-dealkylation sites (tertiary alicyclic amines) is 1. The van der Waals surface area contributed by atoms with Gasteiger partial charge in [-0.25, -0.2) is 4.39 Å². The second-order valence-corrected chi connectivity index (χ2v) is 7.78. The number of nitrogens with zero attached hydrogens (tertiary/aromatic N) is 1. The minimum Gasteiger partial charge on any atom is -0.361 e. The highest BCUT2D eigenvalue weighted by Crippen LogP contribution is 2.24. The maximum absolute atomic E-state index is 13.5. The van der Waals surface area contributed by atoms with Crippen molar-refractivity contribution >= 4 is 28.4 Å². The highest BCUT2D eigenvalue weighted by atomic mass is 19.1. The third-order valence-corrected chi connectivity index (χ3v) is 5.74. The van der Waals surface area contributed by atoms with Crippen molar-refractivity contribution in [2.75, 3.05) is 18.4 Å². The molecular weight excluding hydrogens is 369 g/mol. The van der Waals surface area contributed by atoms with Gasteiger partial charge in [-0.3, -0.25) is 9.59 Å². The molecule has 0 unspecified atom stereocenters. The van der Waals surface area contributed by atoms with Crippen molar-refractivity contribution in [3.63, 3.8) is 0 Å². The Kier molecular flexibility index (Phi) is 5.09. The summed E-state index contributed by atoms with van der Waals surface area (Å²) in [7, 11) is 0. The molecule has 0 aliphatic carbocycles. The highest BCUT2D eigenvalue weighted by Gasteiger charge is 2.34. The molecule has 1 fully saturated rings. The summed E-state index contributed by atoms with van der Waals surface area (Å²) in [5.74, 6) is -0.780. The Labute approximate surface area is 168 Å². The van der Waals surface area contributed by atoms with Crippen LogP contribution in [0.1, 0.15) is 23.1 Å². The molecule has 1 aliphatic heterocycles. The van der Waals surface area contributed by atoms with Crippen molar-refractivity contribution in [3.8, 4) is 0 Å². The molecule has 1 aromatic heterocycles. The van der Waals surface area contributed by atoms with Crippen LogP contribution in [0.3, 0.4) is 0 Å². The standard InChI is InChI=1S/C23H24FN3O2/c1-14-3-5-19(9-15(14)2)26-23(29)17-10-22(28)27(13-17)8-7-16-12-25-21-6-4-18(24)11-20(16)21/h3-6,9,11-12,17,25H,7-8,10,13H2,1-2H3,(H,26,29)/t17-/m1/s1. The Morgan fingerprint density at radius 1 is 1.21 bits per heavy atom. The number of H-pyrrole nitrogens is 1. The van der Waals surface area contributed by atoms with Crippen LogP contribution in [-0.4, -0.2) is 34.8 Å². The largest absolute Gasteiger partial charge is 0.361 e. The number of amides is 2. The fourth-order valence-electron chi connectivity index (χ4n) is 3.84. The first-order valence-corrected chi connectivity index (χ1v) is 9.82. The quantitative estimate of drug-likeness (QED) is 0.689. The molecule has 0 spiro atoms. The van der Waals surface area contributed by atoms with Gasteiger partial charge in [0.2, 0.25) is 11.8 Å². The van der Waals surface area contributed by atoms with Crippen LogP contribution in [0.25, 0.3) is 10.9 Å². The first-order valence-electron chi connectivity index (χ1n) is 9.82. The van der Waals surface area contributed by atoms with Crippen LogP contribution in [0.5, 0.6) is 0 Å². The predicted molar refractivity (Wildman–Crippen MR) is 111 cm³/mol. The molecule has 6 heteroatoms. The Balaban J connectivity index is 1.37. The number of hydrogen-bond acceptors (Lipinski definition) is 2. The van der Waals surface area contributed by atoms with Crippen molar-refractivity contribution < 1.29 is 14.0 Å². The van der Waals surface area contributed by atoms with Gasteiger partial charge in [0.15, 0.2) is 0 Å². The lowest BCUT2D eigenvalue weighted by atomic mass is 10.1. The number of rotatable bonds is 5. The van der Waals surface area contributed by atoms with Crippen LogP contribution < -0.4 is 5.32 Å².